The van der Waals surface area contributed by atoms with Gasteiger partial charge < -0.3 is 21.7 Å². The third-order valence-electron chi connectivity index (χ3n) is 3.55. The van der Waals surface area contributed by atoms with E-state index < -0.39 is 0 Å². The van der Waals surface area contributed by atoms with E-state index >= 15 is 0 Å². The molecule has 0 bridgehead atoms. The number of carbonyl (C=O) groups is 2. The molecule has 2 aliphatic heterocycles. The Kier molecular flexibility index (Phi) is 5.33. The molecule has 0 aromatic carbocycles. The van der Waals surface area contributed by atoms with Gasteiger partial charge in [0.15, 0.2) is 0 Å². The Morgan fingerprint density at radius 3 is 3.05 bits per heavy atom. The minimum Gasteiger partial charge on any atom is -0.355 e. The number of unbranched alkanes of at least 4 members (excludes halogenated alkanes) is 1. The molecule has 2 saturated heterocycles. The van der Waals surface area contributed by atoms with Crippen LogP contribution in [0, 0.1) is 0 Å². The Balaban J connectivity index is 1.59. The molecule has 2 fully saturated rings. The number of rotatable bonds is 7. The standard InChI is InChI=1S/C12H22N4O2S/c13-5-6-14-10(17)4-2-1-3-9-11-8(7-19-9)15-12(18)16-11/h8-9,11H,1-7,13H2,(H,14,17)(H2,15,16,18). The lowest BCUT2D eigenvalue weighted by Gasteiger charge is -2.16. The number of hydrogen-bond acceptors (Lipinski definition) is 4. The largest absolute Gasteiger partial charge is 0.355 e. The predicted octanol–water partition coefficient (Wildman–Crippen LogP) is -0.213. The van der Waals surface area contributed by atoms with Crippen LogP contribution in [0.5, 0.6) is 0 Å². The van der Waals surface area contributed by atoms with Crippen LogP contribution in [0.2, 0.25) is 0 Å². The summed E-state index contributed by atoms with van der Waals surface area (Å²) in [5.74, 6) is 1.07. The SMILES string of the molecule is NCCNC(=O)CCCCC1SCC2NC(=O)NC21. The van der Waals surface area contributed by atoms with Gasteiger partial charge in [0.05, 0.1) is 12.1 Å². The zero-order chi connectivity index (χ0) is 13.7. The zero-order valence-corrected chi connectivity index (χ0v) is 11.8. The summed E-state index contributed by atoms with van der Waals surface area (Å²) < 4.78 is 0. The fourth-order valence-corrected chi connectivity index (χ4v) is 4.12. The molecule has 3 atom stereocenters. The number of nitrogens with two attached hydrogens (primary N) is 1. The average molecular weight is 286 g/mol. The van der Waals surface area contributed by atoms with E-state index in [4.69, 9.17) is 5.73 Å². The molecule has 0 aliphatic carbocycles. The highest BCUT2D eigenvalue weighted by Gasteiger charge is 2.42. The maximum atomic E-state index is 11.4. The molecule has 0 spiro atoms. The van der Waals surface area contributed by atoms with E-state index in [1.54, 1.807) is 0 Å². The first-order valence-electron chi connectivity index (χ1n) is 6.86. The fraction of sp³-hybridized carbons (Fsp3) is 0.833. The molecule has 19 heavy (non-hydrogen) atoms. The van der Waals surface area contributed by atoms with Crippen molar-refractivity contribution in [2.45, 2.75) is 43.0 Å². The van der Waals surface area contributed by atoms with Crippen LogP contribution in [-0.2, 0) is 4.79 Å². The molecule has 3 amide bonds. The van der Waals surface area contributed by atoms with Gasteiger partial charge in [-0.15, -0.1) is 0 Å². The Labute approximate surface area is 117 Å². The maximum Gasteiger partial charge on any atom is 0.315 e. The van der Waals surface area contributed by atoms with Gasteiger partial charge in [-0.2, -0.15) is 11.8 Å². The van der Waals surface area contributed by atoms with Crippen molar-refractivity contribution < 1.29 is 9.59 Å². The van der Waals surface area contributed by atoms with Crippen LogP contribution in [0.3, 0.4) is 0 Å². The molecule has 7 heteroatoms. The Bertz CT molecular complexity index is 340. The van der Waals surface area contributed by atoms with Crippen LogP contribution in [0.15, 0.2) is 0 Å². The number of fused-ring (bicyclic) bond motifs is 1. The fourth-order valence-electron chi connectivity index (χ4n) is 2.57. The van der Waals surface area contributed by atoms with Gasteiger partial charge in [0, 0.05) is 30.5 Å². The Morgan fingerprint density at radius 2 is 2.26 bits per heavy atom. The molecule has 2 rings (SSSR count). The molecular formula is C12H22N4O2S. The highest BCUT2D eigenvalue weighted by Crippen LogP contribution is 2.33. The van der Waals surface area contributed by atoms with E-state index in [-0.39, 0.29) is 24.0 Å². The second-order valence-corrected chi connectivity index (χ2v) is 6.28. The summed E-state index contributed by atoms with van der Waals surface area (Å²) in [5.41, 5.74) is 5.32. The lowest BCUT2D eigenvalue weighted by Crippen LogP contribution is -2.36. The van der Waals surface area contributed by atoms with Crippen LogP contribution in [-0.4, -0.2) is 48.1 Å². The Hall–Kier alpha value is -0.950. The molecule has 108 valence electrons. The summed E-state index contributed by atoms with van der Waals surface area (Å²) in [6.07, 6.45) is 3.53. The van der Waals surface area contributed by atoms with E-state index in [2.05, 4.69) is 16.0 Å². The van der Waals surface area contributed by atoms with Gasteiger partial charge in [-0.1, -0.05) is 6.42 Å². The summed E-state index contributed by atoms with van der Waals surface area (Å²) in [4.78, 5) is 22.6. The lowest BCUT2D eigenvalue weighted by molar-refractivity contribution is -0.121. The van der Waals surface area contributed by atoms with Gasteiger partial charge in [-0.05, 0) is 12.8 Å². The predicted molar refractivity (Wildman–Crippen MR) is 76.0 cm³/mol. The van der Waals surface area contributed by atoms with Gasteiger partial charge in [0.1, 0.15) is 0 Å². The summed E-state index contributed by atoms with van der Waals surface area (Å²) in [5, 5.41) is 9.16. The second-order valence-electron chi connectivity index (χ2n) is 5.01. The third kappa shape index (κ3) is 4.01. The molecule has 5 N–H and O–H groups in total. The van der Waals surface area contributed by atoms with Crippen molar-refractivity contribution in [3.05, 3.63) is 0 Å². The van der Waals surface area contributed by atoms with E-state index in [1.807, 2.05) is 11.8 Å². The van der Waals surface area contributed by atoms with Gasteiger partial charge >= 0.3 is 6.03 Å². The van der Waals surface area contributed by atoms with Gasteiger partial charge in [-0.3, -0.25) is 4.79 Å². The van der Waals surface area contributed by atoms with E-state index in [1.165, 1.54) is 0 Å². The molecule has 6 nitrogen and oxygen atoms in total. The minimum atomic E-state index is -0.0403. The number of carbonyl (C=O) groups excluding carboxylic acids is 2. The quantitative estimate of drug-likeness (QED) is 0.384. The van der Waals surface area contributed by atoms with E-state index in [9.17, 15) is 9.59 Å². The molecule has 0 aromatic rings. The van der Waals surface area contributed by atoms with Crippen molar-refractivity contribution in [3.63, 3.8) is 0 Å². The van der Waals surface area contributed by atoms with Crippen molar-refractivity contribution >= 4 is 23.7 Å². The summed E-state index contributed by atoms with van der Waals surface area (Å²) in [6.45, 7) is 1.04. The van der Waals surface area contributed by atoms with Gasteiger partial charge in [0.2, 0.25) is 5.91 Å². The van der Waals surface area contributed by atoms with Crippen LogP contribution in [0.25, 0.3) is 0 Å². The molecule has 2 heterocycles. The number of thioether (sulfide) groups is 1. The molecule has 2 aliphatic rings. The monoisotopic (exact) mass is 286 g/mol. The Morgan fingerprint density at radius 1 is 1.42 bits per heavy atom. The third-order valence-corrected chi connectivity index (χ3v) is 5.06. The summed E-state index contributed by atoms with van der Waals surface area (Å²) in [6, 6.07) is 0.514. The van der Waals surface area contributed by atoms with Gasteiger partial charge in [-0.25, -0.2) is 4.79 Å². The van der Waals surface area contributed by atoms with Crippen molar-refractivity contribution in [1.29, 1.82) is 0 Å². The highest BCUT2D eigenvalue weighted by atomic mass is 32.2. The van der Waals surface area contributed by atoms with Crippen molar-refractivity contribution in [2.75, 3.05) is 18.8 Å². The first-order chi connectivity index (χ1) is 9.20. The average Bonchev–Trinajstić information content (AvgIpc) is 2.92. The van der Waals surface area contributed by atoms with Crippen LogP contribution >= 0.6 is 11.8 Å². The lowest BCUT2D eigenvalue weighted by atomic mass is 10.0. The van der Waals surface area contributed by atoms with Crippen LogP contribution < -0.4 is 21.7 Å². The van der Waals surface area contributed by atoms with E-state index in [0.717, 1.165) is 25.0 Å². The van der Waals surface area contributed by atoms with Crippen LogP contribution in [0.1, 0.15) is 25.7 Å². The van der Waals surface area contributed by atoms with Gasteiger partial charge in [0.25, 0.3) is 0 Å². The number of amides is 3. The van der Waals surface area contributed by atoms with Crippen molar-refractivity contribution in [3.8, 4) is 0 Å². The molecule has 3 unspecified atom stereocenters. The maximum absolute atomic E-state index is 11.4. The summed E-state index contributed by atoms with van der Waals surface area (Å²) in [7, 11) is 0. The highest BCUT2D eigenvalue weighted by molar-refractivity contribution is 8.00. The summed E-state index contributed by atoms with van der Waals surface area (Å²) >= 11 is 1.91. The minimum absolute atomic E-state index is 0.0403. The smallest absolute Gasteiger partial charge is 0.315 e. The number of urea groups is 1. The van der Waals surface area contributed by atoms with E-state index in [0.29, 0.717) is 24.8 Å². The normalized spacial score (nSPS) is 28.7. The molecule has 0 saturated carbocycles. The van der Waals surface area contributed by atoms with Crippen molar-refractivity contribution in [1.82, 2.24) is 16.0 Å². The second kappa shape index (κ2) is 7.00. The number of nitrogens with one attached hydrogen (secondary N) is 3. The molecular weight excluding hydrogens is 264 g/mol. The number of hydrogen-bond donors (Lipinski definition) is 4. The molecule has 0 aromatic heterocycles. The first-order valence-corrected chi connectivity index (χ1v) is 7.91. The van der Waals surface area contributed by atoms with Crippen molar-refractivity contribution in [2.24, 2.45) is 5.73 Å². The zero-order valence-electron chi connectivity index (χ0n) is 11.0. The first kappa shape index (κ1) is 14.5. The topological polar surface area (TPSA) is 96.2 Å². The van der Waals surface area contributed by atoms with Crippen LogP contribution in [0.4, 0.5) is 4.79 Å². The molecule has 0 radical (unpaired) electrons.